The number of nitrogens with two attached hydrogens (primary N) is 1. The first kappa shape index (κ1) is 17.8. The van der Waals surface area contributed by atoms with E-state index in [9.17, 15) is 4.79 Å². The van der Waals surface area contributed by atoms with Gasteiger partial charge in [0, 0.05) is 12.6 Å². The fraction of sp³-hybridized carbons (Fsp3) is 0.632. The van der Waals surface area contributed by atoms with E-state index in [-0.39, 0.29) is 18.6 Å². The summed E-state index contributed by atoms with van der Waals surface area (Å²) in [6.07, 6.45) is 3.09. The Morgan fingerprint density at radius 3 is 2.57 bits per heavy atom. The molecule has 23 heavy (non-hydrogen) atoms. The van der Waals surface area contributed by atoms with Gasteiger partial charge in [0.15, 0.2) is 6.61 Å². The maximum Gasteiger partial charge on any atom is 0.265 e. The minimum absolute atomic E-state index is 0.000669. The van der Waals surface area contributed by atoms with Crippen LogP contribution < -0.4 is 15.4 Å². The molecule has 1 amide bonds. The van der Waals surface area contributed by atoms with Crippen molar-refractivity contribution in [2.75, 3.05) is 18.1 Å². The molecular weight excluding hydrogens is 288 g/mol. The predicted molar refractivity (Wildman–Crippen MR) is 94.7 cm³/mol. The minimum Gasteiger partial charge on any atom is -0.482 e. The smallest absolute Gasteiger partial charge is 0.265 e. The quantitative estimate of drug-likeness (QED) is 0.829. The maximum atomic E-state index is 12.3. The van der Waals surface area contributed by atoms with Crippen molar-refractivity contribution in [1.29, 1.82) is 0 Å². The summed E-state index contributed by atoms with van der Waals surface area (Å²) in [5.74, 6) is 1.83. The van der Waals surface area contributed by atoms with Crippen LogP contribution in [0, 0.1) is 11.8 Å². The van der Waals surface area contributed by atoms with Gasteiger partial charge in [-0.2, -0.15) is 0 Å². The van der Waals surface area contributed by atoms with E-state index in [0.717, 1.165) is 42.8 Å². The summed E-state index contributed by atoms with van der Waals surface area (Å²) in [4.78, 5) is 14.1. The Kier molecular flexibility index (Phi) is 6.05. The standard InChI is InChI=1S/C19H30N2O2/c1-5-14(6-2)19(20)15-7-8-17-16(11-15)21(10-9-13(3)4)18(22)12-23-17/h7-8,11,13-14,19H,5-6,9-10,12,20H2,1-4H3. The normalized spacial score (nSPS) is 15.8. The van der Waals surface area contributed by atoms with E-state index in [1.165, 1.54) is 0 Å². The Labute approximate surface area is 140 Å². The number of carbonyl (C=O) groups excluding carboxylic acids is 1. The molecule has 1 aliphatic rings. The van der Waals surface area contributed by atoms with Gasteiger partial charge in [-0.25, -0.2) is 0 Å². The molecule has 1 unspecified atom stereocenters. The van der Waals surface area contributed by atoms with Crippen LogP contribution in [0.3, 0.4) is 0 Å². The molecule has 1 heterocycles. The molecule has 0 fully saturated rings. The topological polar surface area (TPSA) is 55.6 Å². The van der Waals surface area contributed by atoms with Gasteiger partial charge in [0.25, 0.3) is 5.91 Å². The van der Waals surface area contributed by atoms with Crippen molar-refractivity contribution in [2.24, 2.45) is 17.6 Å². The summed E-state index contributed by atoms with van der Waals surface area (Å²) in [7, 11) is 0. The summed E-state index contributed by atoms with van der Waals surface area (Å²) in [5, 5.41) is 0. The van der Waals surface area contributed by atoms with E-state index in [4.69, 9.17) is 10.5 Å². The molecule has 2 rings (SSSR count). The average Bonchev–Trinajstić information content (AvgIpc) is 2.54. The lowest BCUT2D eigenvalue weighted by Crippen LogP contribution is -2.40. The van der Waals surface area contributed by atoms with Crippen molar-refractivity contribution in [3.05, 3.63) is 23.8 Å². The van der Waals surface area contributed by atoms with E-state index < -0.39 is 0 Å². The maximum absolute atomic E-state index is 12.3. The van der Waals surface area contributed by atoms with Gasteiger partial charge < -0.3 is 15.4 Å². The van der Waals surface area contributed by atoms with Crippen LogP contribution in [0.4, 0.5) is 5.69 Å². The molecule has 1 aromatic rings. The summed E-state index contributed by atoms with van der Waals surface area (Å²) < 4.78 is 5.59. The first-order chi connectivity index (χ1) is 11.0. The highest BCUT2D eigenvalue weighted by Crippen LogP contribution is 2.36. The van der Waals surface area contributed by atoms with Crippen LogP contribution in [0.2, 0.25) is 0 Å². The third kappa shape index (κ3) is 4.05. The number of anilines is 1. The van der Waals surface area contributed by atoms with Crippen molar-refractivity contribution in [3.63, 3.8) is 0 Å². The molecule has 1 atom stereocenters. The molecule has 0 aliphatic carbocycles. The molecule has 1 aromatic carbocycles. The number of hydrogen-bond acceptors (Lipinski definition) is 3. The van der Waals surface area contributed by atoms with E-state index in [1.54, 1.807) is 0 Å². The number of amides is 1. The molecule has 2 N–H and O–H groups in total. The molecule has 0 saturated carbocycles. The molecule has 0 bridgehead atoms. The molecule has 128 valence electrons. The first-order valence-electron chi connectivity index (χ1n) is 8.80. The van der Waals surface area contributed by atoms with Crippen LogP contribution in [-0.4, -0.2) is 19.1 Å². The highest BCUT2D eigenvalue weighted by atomic mass is 16.5. The number of nitrogens with zero attached hydrogens (tertiary/aromatic N) is 1. The monoisotopic (exact) mass is 318 g/mol. The van der Waals surface area contributed by atoms with Crippen molar-refractivity contribution >= 4 is 11.6 Å². The van der Waals surface area contributed by atoms with Crippen LogP contribution in [-0.2, 0) is 4.79 Å². The third-order valence-corrected chi connectivity index (χ3v) is 4.80. The first-order valence-corrected chi connectivity index (χ1v) is 8.80. The summed E-state index contributed by atoms with van der Waals surface area (Å²) in [5.41, 5.74) is 8.42. The second-order valence-corrected chi connectivity index (χ2v) is 6.85. The lowest BCUT2D eigenvalue weighted by Gasteiger charge is -2.31. The minimum atomic E-state index is -0.000669. The molecule has 1 aliphatic heterocycles. The molecule has 0 saturated heterocycles. The van der Waals surface area contributed by atoms with Crippen molar-refractivity contribution < 1.29 is 9.53 Å². The van der Waals surface area contributed by atoms with Crippen molar-refractivity contribution in [3.8, 4) is 5.75 Å². The lowest BCUT2D eigenvalue weighted by molar-refractivity contribution is -0.121. The van der Waals surface area contributed by atoms with Gasteiger partial charge >= 0.3 is 0 Å². The van der Waals surface area contributed by atoms with Crippen LogP contribution in [0.5, 0.6) is 5.75 Å². The zero-order valence-corrected chi connectivity index (χ0v) is 14.8. The molecule has 0 aromatic heterocycles. The second-order valence-electron chi connectivity index (χ2n) is 6.85. The highest BCUT2D eigenvalue weighted by Gasteiger charge is 2.27. The third-order valence-electron chi connectivity index (χ3n) is 4.80. The number of fused-ring (bicyclic) bond motifs is 1. The van der Waals surface area contributed by atoms with E-state index in [0.29, 0.717) is 11.8 Å². The highest BCUT2D eigenvalue weighted by molar-refractivity contribution is 5.97. The number of benzene rings is 1. The van der Waals surface area contributed by atoms with Gasteiger partial charge in [0.1, 0.15) is 5.75 Å². The SMILES string of the molecule is CCC(CC)C(N)c1ccc2c(c1)N(CCC(C)C)C(=O)CO2. The van der Waals surface area contributed by atoms with Gasteiger partial charge in [-0.15, -0.1) is 0 Å². The lowest BCUT2D eigenvalue weighted by atomic mass is 9.89. The van der Waals surface area contributed by atoms with E-state index in [1.807, 2.05) is 17.0 Å². The van der Waals surface area contributed by atoms with E-state index in [2.05, 4.69) is 33.8 Å². The van der Waals surface area contributed by atoms with Crippen molar-refractivity contribution in [1.82, 2.24) is 0 Å². The van der Waals surface area contributed by atoms with Crippen LogP contribution >= 0.6 is 0 Å². The average molecular weight is 318 g/mol. The van der Waals surface area contributed by atoms with Crippen LogP contribution in [0.15, 0.2) is 18.2 Å². The van der Waals surface area contributed by atoms with E-state index >= 15 is 0 Å². The largest absolute Gasteiger partial charge is 0.482 e. The zero-order chi connectivity index (χ0) is 17.0. The molecular formula is C19H30N2O2. The van der Waals surface area contributed by atoms with Crippen molar-refractivity contribution in [2.45, 2.75) is 53.0 Å². The number of hydrogen-bond donors (Lipinski definition) is 1. The molecule has 0 spiro atoms. The Morgan fingerprint density at radius 2 is 1.96 bits per heavy atom. The van der Waals surface area contributed by atoms with Gasteiger partial charge in [-0.05, 0) is 36.0 Å². The van der Waals surface area contributed by atoms with Crippen LogP contribution in [0.1, 0.15) is 58.6 Å². The van der Waals surface area contributed by atoms with Gasteiger partial charge in [0.2, 0.25) is 0 Å². The van der Waals surface area contributed by atoms with Gasteiger partial charge in [-0.3, -0.25) is 4.79 Å². The predicted octanol–water partition coefficient (Wildman–Crippen LogP) is 3.89. The summed E-state index contributed by atoms with van der Waals surface area (Å²) >= 11 is 0. The fourth-order valence-corrected chi connectivity index (χ4v) is 3.13. The Bertz CT molecular complexity index is 538. The summed E-state index contributed by atoms with van der Waals surface area (Å²) in [6.45, 7) is 9.55. The van der Waals surface area contributed by atoms with Crippen LogP contribution in [0.25, 0.3) is 0 Å². The van der Waals surface area contributed by atoms with Gasteiger partial charge in [-0.1, -0.05) is 46.6 Å². The molecule has 4 nitrogen and oxygen atoms in total. The summed E-state index contributed by atoms with van der Waals surface area (Å²) in [6, 6.07) is 6.05. The Balaban J connectivity index is 2.29. The number of carbonyl (C=O) groups is 1. The number of ether oxygens (including phenoxy) is 1. The zero-order valence-electron chi connectivity index (χ0n) is 14.8. The fourth-order valence-electron chi connectivity index (χ4n) is 3.13. The Hall–Kier alpha value is -1.55. The second kappa shape index (κ2) is 7.82. The Morgan fingerprint density at radius 1 is 1.26 bits per heavy atom. The number of rotatable bonds is 7. The molecule has 0 radical (unpaired) electrons. The molecule has 4 heteroatoms. The van der Waals surface area contributed by atoms with Gasteiger partial charge in [0.05, 0.1) is 5.69 Å².